The summed E-state index contributed by atoms with van der Waals surface area (Å²) in [6.45, 7) is 4.48. The monoisotopic (exact) mass is 328 g/mol. The lowest BCUT2D eigenvalue weighted by Gasteiger charge is -2.21. The van der Waals surface area contributed by atoms with Crippen molar-refractivity contribution in [3.05, 3.63) is 65.7 Å². The minimum absolute atomic E-state index is 0.0639. The molecule has 0 unspecified atom stereocenters. The van der Waals surface area contributed by atoms with E-state index in [9.17, 15) is 10.0 Å². The lowest BCUT2D eigenvalue weighted by Crippen LogP contribution is -2.29. The Morgan fingerprint density at radius 3 is 2.48 bits per heavy atom. The zero-order valence-electron chi connectivity index (χ0n) is 14.1. The van der Waals surface area contributed by atoms with Gasteiger partial charge >= 0.3 is 7.12 Å². The standard InChI is InChI=1S/C21H17BO3/c1-21(2)16-6-4-3-5-14(16)19-17(21)9-8-13-15-11-12(22(23)24)7-10-18(15)25-20(13)19/h3-11,23-24H,1-2H3. The van der Waals surface area contributed by atoms with Gasteiger partial charge in [-0.15, -0.1) is 0 Å². The van der Waals surface area contributed by atoms with Gasteiger partial charge in [-0.2, -0.15) is 0 Å². The highest BCUT2D eigenvalue weighted by atomic mass is 16.4. The van der Waals surface area contributed by atoms with Crippen molar-refractivity contribution in [1.29, 1.82) is 0 Å². The van der Waals surface area contributed by atoms with Crippen molar-refractivity contribution in [3.63, 3.8) is 0 Å². The molecule has 0 saturated heterocycles. The molecule has 0 fully saturated rings. The molecule has 1 aliphatic rings. The minimum atomic E-state index is -1.48. The first-order chi connectivity index (χ1) is 12.0. The SMILES string of the molecule is CC1(C)c2ccccc2-c2c1ccc1c2oc2ccc(B(O)O)cc21. The van der Waals surface area contributed by atoms with Crippen LogP contribution in [0.3, 0.4) is 0 Å². The average Bonchev–Trinajstić information content (AvgIpc) is 3.08. The zero-order valence-corrected chi connectivity index (χ0v) is 14.1. The second kappa shape index (κ2) is 4.75. The maximum atomic E-state index is 9.47. The molecule has 1 heterocycles. The molecule has 1 aliphatic carbocycles. The normalized spacial score (nSPS) is 14.7. The molecule has 0 aliphatic heterocycles. The van der Waals surface area contributed by atoms with Gasteiger partial charge in [0.25, 0.3) is 0 Å². The Balaban J connectivity index is 1.92. The van der Waals surface area contributed by atoms with Crippen LogP contribution in [0.2, 0.25) is 0 Å². The maximum Gasteiger partial charge on any atom is 0.488 e. The summed E-state index contributed by atoms with van der Waals surface area (Å²) in [6, 6.07) is 18.0. The molecule has 4 heteroatoms. The molecule has 0 spiro atoms. The van der Waals surface area contributed by atoms with Gasteiger partial charge in [0, 0.05) is 21.8 Å². The number of rotatable bonds is 1. The fraction of sp³-hybridized carbons (Fsp3) is 0.143. The first-order valence-electron chi connectivity index (χ1n) is 8.44. The lowest BCUT2D eigenvalue weighted by atomic mass is 9.79. The largest absolute Gasteiger partial charge is 0.488 e. The molecule has 122 valence electrons. The van der Waals surface area contributed by atoms with Gasteiger partial charge < -0.3 is 14.5 Å². The van der Waals surface area contributed by atoms with E-state index in [2.05, 4.69) is 50.2 Å². The van der Waals surface area contributed by atoms with E-state index in [1.165, 1.54) is 16.7 Å². The molecule has 0 saturated carbocycles. The van der Waals surface area contributed by atoms with Crippen LogP contribution in [0, 0.1) is 0 Å². The van der Waals surface area contributed by atoms with Crippen molar-refractivity contribution >= 4 is 34.5 Å². The predicted octanol–water partition coefficient (Wildman–Crippen LogP) is 3.57. The van der Waals surface area contributed by atoms with Crippen molar-refractivity contribution in [1.82, 2.24) is 0 Å². The second-order valence-corrected chi connectivity index (χ2v) is 7.27. The van der Waals surface area contributed by atoms with Crippen LogP contribution in [0.5, 0.6) is 0 Å². The molecular formula is C21H17BO3. The molecule has 0 radical (unpaired) electrons. The van der Waals surface area contributed by atoms with Crippen molar-refractivity contribution < 1.29 is 14.5 Å². The highest BCUT2D eigenvalue weighted by Crippen LogP contribution is 2.52. The Labute approximate surface area is 145 Å². The smallest absolute Gasteiger partial charge is 0.455 e. The summed E-state index contributed by atoms with van der Waals surface area (Å²) >= 11 is 0. The quantitative estimate of drug-likeness (QED) is 0.525. The van der Waals surface area contributed by atoms with E-state index < -0.39 is 7.12 Å². The highest BCUT2D eigenvalue weighted by Gasteiger charge is 2.37. The maximum absolute atomic E-state index is 9.47. The van der Waals surface area contributed by atoms with E-state index in [0.717, 1.165) is 27.5 Å². The molecule has 0 atom stereocenters. The van der Waals surface area contributed by atoms with Gasteiger partial charge in [-0.25, -0.2) is 0 Å². The second-order valence-electron chi connectivity index (χ2n) is 7.27. The third kappa shape index (κ3) is 1.84. The molecule has 5 rings (SSSR count). The van der Waals surface area contributed by atoms with E-state index in [4.69, 9.17) is 4.42 Å². The third-order valence-electron chi connectivity index (χ3n) is 5.50. The molecule has 25 heavy (non-hydrogen) atoms. The zero-order chi connectivity index (χ0) is 17.3. The van der Waals surface area contributed by atoms with Gasteiger partial charge in [-0.05, 0) is 28.2 Å². The van der Waals surface area contributed by atoms with Crippen LogP contribution < -0.4 is 5.46 Å². The minimum Gasteiger partial charge on any atom is -0.455 e. The summed E-state index contributed by atoms with van der Waals surface area (Å²) in [6.07, 6.45) is 0. The van der Waals surface area contributed by atoms with E-state index in [0.29, 0.717) is 5.46 Å². The first kappa shape index (κ1) is 14.8. The number of furan rings is 1. The Morgan fingerprint density at radius 2 is 1.68 bits per heavy atom. The molecule has 3 nitrogen and oxygen atoms in total. The summed E-state index contributed by atoms with van der Waals surface area (Å²) < 4.78 is 6.22. The van der Waals surface area contributed by atoms with Crippen molar-refractivity contribution in [2.45, 2.75) is 19.3 Å². The predicted molar refractivity (Wildman–Crippen MR) is 101 cm³/mol. The van der Waals surface area contributed by atoms with Crippen molar-refractivity contribution in [3.8, 4) is 11.1 Å². The number of hydrogen-bond donors (Lipinski definition) is 2. The van der Waals surface area contributed by atoms with Crippen LogP contribution >= 0.6 is 0 Å². The third-order valence-corrected chi connectivity index (χ3v) is 5.50. The number of fused-ring (bicyclic) bond motifs is 7. The van der Waals surface area contributed by atoms with E-state index in [1.54, 1.807) is 12.1 Å². The lowest BCUT2D eigenvalue weighted by molar-refractivity contribution is 0.426. The summed E-state index contributed by atoms with van der Waals surface area (Å²) in [5.41, 5.74) is 6.98. The topological polar surface area (TPSA) is 53.6 Å². The molecular weight excluding hydrogens is 311 g/mol. The van der Waals surface area contributed by atoms with Gasteiger partial charge in [0.2, 0.25) is 0 Å². The Morgan fingerprint density at radius 1 is 0.880 bits per heavy atom. The van der Waals surface area contributed by atoms with Crippen LogP contribution in [0.25, 0.3) is 33.1 Å². The highest BCUT2D eigenvalue weighted by molar-refractivity contribution is 6.59. The number of hydrogen-bond acceptors (Lipinski definition) is 3. The summed E-state index contributed by atoms with van der Waals surface area (Å²) in [4.78, 5) is 0. The molecule has 1 aromatic heterocycles. The van der Waals surface area contributed by atoms with E-state index in [-0.39, 0.29) is 5.41 Å². The van der Waals surface area contributed by atoms with E-state index >= 15 is 0 Å². The Kier molecular flexibility index (Phi) is 2.80. The number of benzene rings is 3. The van der Waals surface area contributed by atoms with Crippen LogP contribution in [0.1, 0.15) is 25.0 Å². The van der Waals surface area contributed by atoms with Gasteiger partial charge in [0.05, 0.1) is 0 Å². The summed E-state index contributed by atoms with van der Waals surface area (Å²) in [5.74, 6) is 0. The fourth-order valence-electron chi connectivity index (χ4n) is 4.20. The van der Waals surface area contributed by atoms with Crippen LogP contribution in [0.4, 0.5) is 0 Å². The van der Waals surface area contributed by atoms with Gasteiger partial charge in [-0.3, -0.25) is 0 Å². The van der Waals surface area contributed by atoms with Gasteiger partial charge in [0.1, 0.15) is 11.2 Å². The Hall–Kier alpha value is -2.56. The van der Waals surface area contributed by atoms with Crippen LogP contribution in [-0.2, 0) is 5.41 Å². The van der Waals surface area contributed by atoms with Crippen molar-refractivity contribution in [2.24, 2.45) is 0 Å². The molecule has 3 aromatic carbocycles. The average molecular weight is 328 g/mol. The van der Waals surface area contributed by atoms with E-state index in [1.807, 2.05) is 6.07 Å². The van der Waals surface area contributed by atoms with Crippen molar-refractivity contribution in [2.75, 3.05) is 0 Å². The first-order valence-corrected chi connectivity index (χ1v) is 8.44. The summed E-state index contributed by atoms with van der Waals surface area (Å²) in [7, 11) is -1.48. The van der Waals surface area contributed by atoms with Crippen LogP contribution in [0.15, 0.2) is 59.0 Å². The Bertz CT molecular complexity index is 1150. The molecule has 0 amide bonds. The fourth-order valence-corrected chi connectivity index (χ4v) is 4.20. The summed E-state index contributed by atoms with van der Waals surface area (Å²) in [5, 5.41) is 20.9. The van der Waals surface area contributed by atoms with Crippen LogP contribution in [-0.4, -0.2) is 17.2 Å². The molecule has 0 bridgehead atoms. The van der Waals surface area contributed by atoms with Gasteiger partial charge in [0.15, 0.2) is 0 Å². The molecule has 2 N–H and O–H groups in total. The molecule has 4 aromatic rings. The van der Waals surface area contributed by atoms with Gasteiger partial charge in [-0.1, -0.05) is 62.4 Å².